The maximum Gasteiger partial charge on any atom is 0.337 e. The molecular formula is C21H21NO5. The number of hydrogen-bond acceptors (Lipinski definition) is 5. The molecule has 27 heavy (non-hydrogen) atoms. The van der Waals surface area contributed by atoms with Gasteiger partial charge in [0.05, 0.1) is 19.1 Å². The average molecular weight is 367 g/mol. The highest BCUT2D eigenvalue weighted by Crippen LogP contribution is 2.16. The van der Waals surface area contributed by atoms with Gasteiger partial charge in [0.15, 0.2) is 0 Å². The van der Waals surface area contributed by atoms with E-state index in [0.29, 0.717) is 11.3 Å². The van der Waals surface area contributed by atoms with Crippen LogP contribution in [0.2, 0.25) is 0 Å². The van der Waals surface area contributed by atoms with E-state index in [1.807, 2.05) is 30.3 Å². The van der Waals surface area contributed by atoms with Gasteiger partial charge in [-0.15, -0.1) is 0 Å². The van der Waals surface area contributed by atoms with Crippen molar-refractivity contribution in [3.8, 4) is 0 Å². The van der Waals surface area contributed by atoms with Gasteiger partial charge in [0, 0.05) is 18.3 Å². The minimum Gasteiger partial charge on any atom is -0.465 e. The monoisotopic (exact) mass is 367 g/mol. The zero-order valence-corrected chi connectivity index (χ0v) is 15.3. The van der Waals surface area contributed by atoms with Gasteiger partial charge in [-0.2, -0.15) is 0 Å². The minimum absolute atomic E-state index is 0.132. The van der Waals surface area contributed by atoms with E-state index < -0.39 is 11.9 Å². The Kier molecular flexibility index (Phi) is 6.88. The van der Waals surface area contributed by atoms with Gasteiger partial charge in [-0.1, -0.05) is 36.9 Å². The standard InChI is InChI=1S/C21H21NO5/c1-15(14-27-19(23)13-16-7-5-4-6-8-16)20(24)22(2)18-11-9-17(10-12-18)21(25)26-3/h4-12H,1,13-14H2,2-3H3. The van der Waals surface area contributed by atoms with Crippen molar-refractivity contribution < 1.29 is 23.9 Å². The van der Waals surface area contributed by atoms with E-state index >= 15 is 0 Å². The molecule has 1 amide bonds. The summed E-state index contributed by atoms with van der Waals surface area (Å²) in [5.74, 6) is -1.26. The molecule has 6 heteroatoms. The number of esters is 2. The number of benzene rings is 2. The van der Waals surface area contributed by atoms with Crippen molar-refractivity contribution in [3.05, 3.63) is 77.9 Å². The SMILES string of the molecule is C=C(COC(=O)Cc1ccccc1)C(=O)N(C)c1ccc(C(=O)OC)cc1. The van der Waals surface area contributed by atoms with Crippen LogP contribution in [0.25, 0.3) is 0 Å². The summed E-state index contributed by atoms with van der Waals surface area (Å²) in [6, 6.07) is 15.6. The lowest BCUT2D eigenvalue weighted by Crippen LogP contribution is -2.29. The van der Waals surface area contributed by atoms with E-state index in [9.17, 15) is 14.4 Å². The number of amides is 1. The van der Waals surface area contributed by atoms with Crippen LogP contribution in [-0.2, 0) is 25.5 Å². The lowest BCUT2D eigenvalue weighted by Gasteiger charge is -2.19. The Morgan fingerprint density at radius 1 is 1.00 bits per heavy atom. The molecule has 0 bridgehead atoms. The maximum atomic E-state index is 12.4. The van der Waals surface area contributed by atoms with E-state index in [1.165, 1.54) is 12.0 Å². The van der Waals surface area contributed by atoms with E-state index in [-0.39, 0.29) is 24.5 Å². The van der Waals surface area contributed by atoms with Crippen LogP contribution in [0.3, 0.4) is 0 Å². The summed E-state index contributed by atoms with van der Waals surface area (Å²) in [6.45, 7) is 3.51. The number of anilines is 1. The molecule has 0 atom stereocenters. The Morgan fingerprint density at radius 2 is 1.63 bits per heavy atom. The van der Waals surface area contributed by atoms with Gasteiger partial charge in [-0.05, 0) is 29.8 Å². The zero-order chi connectivity index (χ0) is 19.8. The number of nitrogens with zero attached hydrogens (tertiary/aromatic N) is 1. The first-order valence-electron chi connectivity index (χ1n) is 8.26. The molecule has 2 rings (SSSR count). The van der Waals surface area contributed by atoms with Gasteiger partial charge < -0.3 is 14.4 Å². The summed E-state index contributed by atoms with van der Waals surface area (Å²) in [7, 11) is 2.88. The summed E-state index contributed by atoms with van der Waals surface area (Å²) >= 11 is 0. The zero-order valence-electron chi connectivity index (χ0n) is 15.3. The molecule has 0 aliphatic carbocycles. The third kappa shape index (κ3) is 5.54. The molecule has 0 aromatic heterocycles. The average Bonchev–Trinajstić information content (AvgIpc) is 2.71. The predicted molar refractivity (Wildman–Crippen MR) is 101 cm³/mol. The van der Waals surface area contributed by atoms with E-state index in [1.54, 1.807) is 31.3 Å². The van der Waals surface area contributed by atoms with Crippen LogP contribution in [-0.4, -0.2) is 38.6 Å². The molecule has 6 nitrogen and oxygen atoms in total. The van der Waals surface area contributed by atoms with Gasteiger partial charge in [-0.3, -0.25) is 9.59 Å². The first kappa shape index (κ1) is 19.9. The number of ether oxygens (including phenoxy) is 2. The highest BCUT2D eigenvalue weighted by atomic mass is 16.5. The largest absolute Gasteiger partial charge is 0.465 e. The van der Waals surface area contributed by atoms with Gasteiger partial charge in [0.25, 0.3) is 5.91 Å². The molecule has 140 valence electrons. The van der Waals surface area contributed by atoms with Gasteiger partial charge >= 0.3 is 11.9 Å². The molecule has 0 aliphatic heterocycles. The molecular weight excluding hydrogens is 346 g/mol. The van der Waals surface area contributed by atoms with E-state index in [0.717, 1.165) is 5.56 Å². The fourth-order valence-electron chi connectivity index (χ4n) is 2.34. The quantitative estimate of drug-likeness (QED) is 0.556. The van der Waals surface area contributed by atoms with Crippen molar-refractivity contribution in [3.63, 3.8) is 0 Å². The first-order valence-corrected chi connectivity index (χ1v) is 8.26. The number of hydrogen-bond donors (Lipinski definition) is 0. The molecule has 2 aromatic rings. The topological polar surface area (TPSA) is 72.9 Å². The van der Waals surface area contributed by atoms with Crippen LogP contribution < -0.4 is 4.90 Å². The van der Waals surface area contributed by atoms with Crippen molar-refractivity contribution >= 4 is 23.5 Å². The summed E-state index contributed by atoms with van der Waals surface area (Å²) in [5, 5.41) is 0. The van der Waals surface area contributed by atoms with Crippen molar-refractivity contribution in [2.75, 3.05) is 25.7 Å². The van der Waals surface area contributed by atoms with Gasteiger partial charge in [-0.25, -0.2) is 4.79 Å². The molecule has 0 saturated heterocycles. The number of carbonyl (C=O) groups is 3. The van der Waals surface area contributed by atoms with Crippen LogP contribution in [0.1, 0.15) is 15.9 Å². The van der Waals surface area contributed by atoms with Crippen LogP contribution >= 0.6 is 0 Å². The van der Waals surface area contributed by atoms with E-state index in [4.69, 9.17) is 4.74 Å². The molecule has 2 aromatic carbocycles. The highest BCUT2D eigenvalue weighted by molar-refractivity contribution is 6.05. The summed E-state index contributed by atoms with van der Waals surface area (Å²) < 4.78 is 9.77. The molecule has 0 saturated carbocycles. The Labute approximate surface area is 158 Å². The number of carbonyl (C=O) groups excluding carboxylic acids is 3. The maximum absolute atomic E-state index is 12.4. The lowest BCUT2D eigenvalue weighted by molar-refractivity contribution is -0.142. The molecule has 0 N–H and O–H groups in total. The number of rotatable bonds is 7. The van der Waals surface area contributed by atoms with Crippen molar-refractivity contribution in [1.29, 1.82) is 0 Å². The van der Waals surface area contributed by atoms with Gasteiger partial charge in [0.2, 0.25) is 0 Å². The third-order valence-corrected chi connectivity index (χ3v) is 3.88. The fraction of sp³-hybridized carbons (Fsp3) is 0.190. The Morgan fingerprint density at radius 3 is 2.22 bits per heavy atom. The molecule has 0 radical (unpaired) electrons. The second-order valence-electron chi connectivity index (χ2n) is 5.83. The van der Waals surface area contributed by atoms with Crippen molar-refractivity contribution in [2.45, 2.75) is 6.42 Å². The first-order chi connectivity index (χ1) is 12.9. The van der Waals surface area contributed by atoms with Crippen LogP contribution in [0.4, 0.5) is 5.69 Å². The number of likely N-dealkylation sites (N-methyl/N-ethyl adjacent to an activating group) is 1. The Bertz CT molecular complexity index is 827. The van der Waals surface area contributed by atoms with Crippen LogP contribution in [0, 0.1) is 0 Å². The second kappa shape index (κ2) is 9.33. The third-order valence-electron chi connectivity index (χ3n) is 3.88. The molecule has 0 aliphatic rings. The van der Waals surface area contributed by atoms with E-state index in [2.05, 4.69) is 11.3 Å². The predicted octanol–water partition coefficient (Wildman–Crippen LogP) is 2.78. The fourth-order valence-corrected chi connectivity index (χ4v) is 2.34. The molecule has 0 spiro atoms. The molecule has 0 unspecified atom stereocenters. The highest BCUT2D eigenvalue weighted by Gasteiger charge is 2.17. The van der Waals surface area contributed by atoms with Crippen molar-refractivity contribution in [1.82, 2.24) is 0 Å². The minimum atomic E-state index is -0.453. The van der Waals surface area contributed by atoms with Gasteiger partial charge in [0.1, 0.15) is 6.61 Å². The normalized spacial score (nSPS) is 10.0. The van der Waals surface area contributed by atoms with Crippen LogP contribution in [0.5, 0.6) is 0 Å². The molecule has 0 fully saturated rings. The Balaban J connectivity index is 1.89. The summed E-state index contributed by atoms with van der Waals surface area (Å²) in [6.07, 6.45) is 0.132. The second-order valence-corrected chi connectivity index (χ2v) is 5.83. The lowest BCUT2D eigenvalue weighted by atomic mass is 10.1. The summed E-state index contributed by atoms with van der Waals surface area (Å²) in [4.78, 5) is 37.1. The van der Waals surface area contributed by atoms with Crippen molar-refractivity contribution in [2.24, 2.45) is 0 Å². The molecule has 0 heterocycles. The Hall–Kier alpha value is -3.41. The van der Waals surface area contributed by atoms with Crippen LogP contribution in [0.15, 0.2) is 66.7 Å². The number of methoxy groups -OCH3 is 1. The summed E-state index contributed by atoms with van der Waals surface area (Å²) in [5.41, 5.74) is 1.94. The smallest absolute Gasteiger partial charge is 0.337 e.